The van der Waals surface area contributed by atoms with Gasteiger partial charge in [-0.3, -0.25) is 4.79 Å². The summed E-state index contributed by atoms with van der Waals surface area (Å²) in [5, 5.41) is 9.24. The van der Waals surface area contributed by atoms with E-state index in [4.69, 9.17) is 9.47 Å². The Kier molecular flexibility index (Phi) is 6.38. The van der Waals surface area contributed by atoms with Gasteiger partial charge in [0.1, 0.15) is 11.4 Å². The normalized spacial score (nSPS) is 11.2. The third-order valence-corrected chi connectivity index (χ3v) is 4.19. The van der Waals surface area contributed by atoms with Crippen molar-refractivity contribution in [2.75, 3.05) is 12.4 Å². The number of rotatable bonds is 6. The Morgan fingerprint density at radius 2 is 1.97 bits per heavy atom. The van der Waals surface area contributed by atoms with Crippen molar-refractivity contribution in [3.8, 4) is 17.4 Å². The molecule has 0 aliphatic heterocycles. The number of aromatic nitrogens is 2. The molecule has 161 valence electrons. The highest BCUT2D eigenvalue weighted by Gasteiger charge is 2.39. The second-order valence-corrected chi connectivity index (χ2v) is 6.20. The van der Waals surface area contributed by atoms with Crippen LogP contribution in [-0.4, -0.2) is 23.2 Å². The number of ether oxygens (including phenoxy) is 2. The number of nitrogens with one attached hydrogen (secondary N) is 1. The Morgan fingerprint density at radius 3 is 2.58 bits per heavy atom. The molecule has 1 amide bonds. The molecular formula is C21H16F4N3O3. The topological polar surface area (TPSA) is 73.3 Å². The first-order valence-electron chi connectivity index (χ1n) is 9.00. The first kappa shape index (κ1) is 22.0. The number of benzene rings is 2. The first-order chi connectivity index (χ1) is 14.7. The van der Waals surface area contributed by atoms with Crippen LogP contribution in [0.3, 0.4) is 0 Å². The zero-order valence-electron chi connectivity index (χ0n) is 16.4. The van der Waals surface area contributed by atoms with E-state index in [0.717, 1.165) is 12.1 Å². The van der Waals surface area contributed by atoms with E-state index in [2.05, 4.69) is 21.6 Å². The molecule has 0 atom stereocenters. The van der Waals surface area contributed by atoms with Crippen LogP contribution in [0, 0.1) is 11.9 Å². The van der Waals surface area contributed by atoms with Crippen LogP contribution >= 0.6 is 0 Å². The van der Waals surface area contributed by atoms with Crippen molar-refractivity contribution in [3.05, 3.63) is 71.2 Å². The number of carbonyl (C=O) groups excluding carboxylic acids is 1. The lowest BCUT2D eigenvalue weighted by atomic mass is 10.0. The van der Waals surface area contributed by atoms with E-state index >= 15 is 0 Å². The lowest BCUT2D eigenvalue weighted by Crippen LogP contribution is -2.22. The lowest BCUT2D eigenvalue weighted by Gasteiger charge is -2.18. The minimum atomic E-state index is -4.83. The maximum Gasteiger partial charge on any atom is 0.435 e. The number of carbonyl (C=O) groups is 1. The summed E-state index contributed by atoms with van der Waals surface area (Å²) in [5.74, 6) is -2.07. The molecule has 6 nitrogen and oxygen atoms in total. The standard InChI is InChI=1S/C21H16F4N3O3/c1-3-14-17(19(29)26-13-7-5-4-6-8-13)20(28-27-18(14)21(23,24)25)31-15-10-9-12(22)11-16(15)30-2/h4-5,7-11H,3H2,1-2H3,(H,26,29). The number of anilines is 1. The molecule has 10 heteroatoms. The van der Waals surface area contributed by atoms with Crippen LogP contribution in [0.25, 0.3) is 0 Å². The van der Waals surface area contributed by atoms with Crippen molar-refractivity contribution >= 4 is 11.6 Å². The molecule has 0 bridgehead atoms. The predicted octanol–water partition coefficient (Wildman–Crippen LogP) is 5.05. The van der Waals surface area contributed by atoms with E-state index in [0.29, 0.717) is 5.69 Å². The molecule has 0 aliphatic carbocycles. The van der Waals surface area contributed by atoms with Crippen LogP contribution in [-0.2, 0) is 12.6 Å². The molecular weight excluding hydrogens is 418 g/mol. The van der Waals surface area contributed by atoms with Gasteiger partial charge in [0.2, 0.25) is 0 Å². The highest BCUT2D eigenvalue weighted by atomic mass is 19.4. The summed E-state index contributed by atoms with van der Waals surface area (Å²) in [6, 6.07) is 12.2. The highest BCUT2D eigenvalue weighted by Crippen LogP contribution is 2.37. The first-order valence-corrected chi connectivity index (χ1v) is 9.00. The van der Waals surface area contributed by atoms with Crippen LogP contribution in [0.5, 0.6) is 17.4 Å². The van der Waals surface area contributed by atoms with Gasteiger partial charge in [0.15, 0.2) is 17.2 Å². The quantitative estimate of drug-likeness (QED) is 0.550. The van der Waals surface area contributed by atoms with Gasteiger partial charge in [-0.15, -0.1) is 10.2 Å². The fraction of sp³-hybridized carbons (Fsp3) is 0.190. The molecule has 3 aromatic rings. The van der Waals surface area contributed by atoms with Gasteiger partial charge >= 0.3 is 6.18 Å². The van der Waals surface area contributed by atoms with Crippen LogP contribution in [0.1, 0.15) is 28.5 Å². The number of methoxy groups -OCH3 is 1. The third kappa shape index (κ3) is 4.90. The zero-order valence-corrected chi connectivity index (χ0v) is 16.4. The Morgan fingerprint density at radius 1 is 1.19 bits per heavy atom. The Balaban J connectivity index is 2.13. The van der Waals surface area contributed by atoms with Crippen molar-refractivity contribution in [3.63, 3.8) is 0 Å². The van der Waals surface area contributed by atoms with Gasteiger partial charge in [0.05, 0.1) is 7.11 Å². The molecule has 2 aromatic carbocycles. The Labute approximate surface area is 174 Å². The Hall–Kier alpha value is -3.69. The summed E-state index contributed by atoms with van der Waals surface area (Å²) in [5.41, 5.74) is -1.82. The SMILES string of the molecule is CCc1c(C(F)(F)F)nnc(Oc2ccc(F)cc2OC)c1C(=O)Nc1c[c]ccc1. The van der Waals surface area contributed by atoms with Gasteiger partial charge in [-0.2, -0.15) is 13.2 Å². The zero-order chi connectivity index (χ0) is 22.6. The van der Waals surface area contributed by atoms with Gasteiger partial charge in [-0.05, 0) is 36.8 Å². The molecule has 0 fully saturated rings. The van der Waals surface area contributed by atoms with Crippen molar-refractivity contribution in [2.24, 2.45) is 0 Å². The Bertz CT molecular complexity index is 1090. The second kappa shape index (κ2) is 8.99. The van der Waals surface area contributed by atoms with Crippen molar-refractivity contribution in [1.29, 1.82) is 0 Å². The average Bonchev–Trinajstić information content (AvgIpc) is 2.74. The van der Waals surface area contributed by atoms with Gasteiger partial charge < -0.3 is 14.8 Å². The number of halogens is 4. The molecule has 0 saturated heterocycles. The summed E-state index contributed by atoms with van der Waals surface area (Å²) in [6.07, 6.45) is -5.01. The largest absolute Gasteiger partial charge is 0.493 e. The van der Waals surface area contributed by atoms with Gasteiger partial charge in [-0.1, -0.05) is 19.1 Å². The number of hydrogen-bond donors (Lipinski definition) is 1. The monoisotopic (exact) mass is 434 g/mol. The summed E-state index contributed by atoms with van der Waals surface area (Å²) >= 11 is 0. The van der Waals surface area contributed by atoms with Gasteiger partial charge in [0, 0.05) is 17.3 Å². The summed E-state index contributed by atoms with van der Waals surface area (Å²) in [7, 11) is 1.26. The molecule has 0 spiro atoms. The van der Waals surface area contributed by atoms with Crippen LogP contribution in [0.15, 0.2) is 42.5 Å². The lowest BCUT2D eigenvalue weighted by molar-refractivity contribution is -0.142. The van der Waals surface area contributed by atoms with Crippen molar-refractivity contribution in [2.45, 2.75) is 19.5 Å². The molecule has 1 radical (unpaired) electrons. The average molecular weight is 434 g/mol. The predicted molar refractivity (Wildman–Crippen MR) is 103 cm³/mol. The van der Waals surface area contributed by atoms with Gasteiger partial charge in [-0.25, -0.2) is 4.39 Å². The molecule has 3 rings (SSSR count). The fourth-order valence-corrected chi connectivity index (χ4v) is 2.83. The van der Waals surface area contributed by atoms with E-state index in [1.807, 2.05) is 0 Å². The van der Waals surface area contributed by atoms with Gasteiger partial charge in [0.25, 0.3) is 11.8 Å². The van der Waals surface area contributed by atoms with Crippen LogP contribution in [0.4, 0.5) is 23.2 Å². The molecule has 0 saturated carbocycles. The minimum absolute atomic E-state index is 0.0382. The maximum absolute atomic E-state index is 13.5. The van der Waals surface area contributed by atoms with E-state index < -0.39 is 40.6 Å². The molecule has 1 heterocycles. The minimum Gasteiger partial charge on any atom is -0.493 e. The molecule has 31 heavy (non-hydrogen) atoms. The summed E-state index contributed by atoms with van der Waals surface area (Å²) < 4.78 is 64.5. The molecule has 1 N–H and O–H groups in total. The second-order valence-electron chi connectivity index (χ2n) is 6.20. The highest BCUT2D eigenvalue weighted by molar-refractivity contribution is 6.07. The molecule has 1 aromatic heterocycles. The number of amides is 1. The number of nitrogens with zero attached hydrogens (tertiary/aromatic N) is 2. The summed E-state index contributed by atoms with van der Waals surface area (Å²) in [4.78, 5) is 13.0. The maximum atomic E-state index is 13.5. The molecule has 0 aliphatic rings. The summed E-state index contributed by atoms with van der Waals surface area (Å²) in [6.45, 7) is 1.45. The van der Waals surface area contributed by atoms with Crippen LogP contribution in [0.2, 0.25) is 0 Å². The van der Waals surface area contributed by atoms with Crippen LogP contribution < -0.4 is 14.8 Å². The van der Waals surface area contributed by atoms with E-state index in [1.54, 1.807) is 18.2 Å². The van der Waals surface area contributed by atoms with Crippen molar-refractivity contribution < 1.29 is 31.8 Å². The van der Waals surface area contributed by atoms with E-state index in [1.165, 1.54) is 26.2 Å². The third-order valence-electron chi connectivity index (χ3n) is 4.19. The molecule has 0 unspecified atom stereocenters. The van der Waals surface area contributed by atoms with E-state index in [-0.39, 0.29) is 17.9 Å². The number of alkyl halides is 3. The van der Waals surface area contributed by atoms with Crippen molar-refractivity contribution in [1.82, 2.24) is 10.2 Å². The number of hydrogen-bond acceptors (Lipinski definition) is 5. The fourth-order valence-electron chi connectivity index (χ4n) is 2.83. The van der Waals surface area contributed by atoms with E-state index in [9.17, 15) is 22.4 Å². The smallest absolute Gasteiger partial charge is 0.435 e.